The van der Waals surface area contributed by atoms with Gasteiger partial charge in [0.05, 0.1) is 11.6 Å². The second kappa shape index (κ2) is 19.2. The molecule has 0 spiro atoms. The predicted molar refractivity (Wildman–Crippen MR) is 179 cm³/mol. The zero-order valence-electron chi connectivity index (χ0n) is 25.4. The summed E-state index contributed by atoms with van der Waals surface area (Å²) in [6.07, 6.45) is 21.4. The van der Waals surface area contributed by atoms with Crippen molar-refractivity contribution >= 4 is 39.3 Å². The van der Waals surface area contributed by atoms with E-state index in [0.717, 1.165) is 47.2 Å². The van der Waals surface area contributed by atoms with Crippen LogP contribution in [0.15, 0.2) is 66.9 Å². The number of benzene rings is 2. The number of carbonyl (C=O) groups excluding carboxylic acids is 1. The summed E-state index contributed by atoms with van der Waals surface area (Å²) in [7, 11) is 0. The molecule has 0 amide bonds. The first kappa shape index (κ1) is 33.5. The minimum Gasteiger partial charge on any atom is -0.347 e. The number of nitrogens with zero attached hydrogens (tertiary/aromatic N) is 4. The minimum absolute atomic E-state index is 0.0589. The molecule has 0 aliphatic carbocycles. The highest BCUT2D eigenvalue weighted by Gasteiger charge is 2.16. The summed E-state index contributed by atoms with van der Waals surface area (Å²) in [5, 5.41) is 29.7. The van der Waals surface area contributed by atoms with Gasteiger partial charge in [-0.15, -0.1) is 0 Å². The third-order valence-electron chi connectivity index (χ3n) is 7.69. The molecule has 0 N–H and O–H groups in total. The summed E-state index contributed by atoms with van der Waals surface area (Å²) in [5.41, 5.74) is 3.84. The summed E-state index contributed by atoms with van der Waals surface area (Å²) in [6, 6.07) is 21.4. The number of carbonyl (C=O) groups is 1. The number of thioether (sulfide) groups is 1. The SMILES string of the molecule is CC(=O)SCCCCCCCCCCCCCCN1C=C/C(=C/C(C#N)=c2ccc(=C(C#N)C#N)cc2)c2ccccc21. The Hall–Kier alpha value is -4.05. The molecule has 0 saturated heterocycles. The number of hydrogen-bond acceptors (Lipinski definition) is 6. The van der Waals surface area contributed by atoms with Crippen LogP contribution in [0.4, 0.5) is 5.69 Å². The molecular formula is C37H42N4OS. The topological polar surface area (TPSA) is 91.7 Å². The van der Waals surface area contributed by atoms with Gasteiger partial charge >= 0.3 is 0 Å². The number of hydrogen-bond donors (Lipinski definition) is 0. The van der Waals surface area contributed by atoms with Crippen LogP contribution in [0, 0.1) is 34.0 Å². The van der Waals surface area contributed by atoms with Gasteiger partial charge in [-0.2, -0.15) is 15.8 Å². The van der Waals surface area contributed by atoms with Gasteiger partial charge in [-0.3, -0.25) is 4.79 Å². The lowest BCUT2D eigenvalue weighted by molar-refractivity contribution is -0.109. The van der Waals surface area contributed by atoms with Crippen LogP contribution < -0.4 is 15.3 Å². The average Bonchev–Trinajstić information content (AvgIpc) is 3.03. The van der Waals surface area contributed by atoms with E-state index >= 15 is 0 Å². The van der Waals surface area contributed by atoms with E-state index in [9.17, 15) is 10.1 Å². The van der Waals surface area contributed by atoms with E-state index in [4.69, 9.17) is 10.5 Å². The molecule has 6 heteroatoms. The predicted octanol–water partition coefficient (Wildman–Crippen LogP) is 7.94. The lowest BCUT2D eigenvalue weighted by atomic mass is 9.97. The van der Waals surface area contributed by atoms with Crippen molar-refractivity contribution in [3.8, 4) is 18.2 Å². The number of anilines is 1. The summed E-state index contributed by atoms with van der Waals surface area (Å²) in [4.78, 5) is 13.2. The maximum absolute atomic E-state index is 10.9. The highest BCUT2D eigenvalue weighted by molar-refractivity contribution is 8.13. The van der Waals surface area contributed by atoms with Crippen molar-refractivity contribution < 1.29 is 4.79 Å². The summed E-state index contributed by atoms with van der Waals surface area (Å²) in [5.74, 6) is 0.976. The number of nitriles is 3. The molecule has 1 aliphatic heterocycles. The van der Waals surface area contributed by atoms with Crippen LogP contribution in [-0.4, -0.2) is 17.4 Å². The van der Waals surface area contributed by atoms with Crippen molar-refractivity contribution in [1.29, 1.82) is 15.8 Å². The quantitative estimate of drug-likeness (QED) is 0.184. The molecule has 0 atom stereocenters. The zero-order chi connectivity index (χ0) is 30.7. The number of fused-ring (bicyclic) bond motifs is 1. The van der Waals surface area contributed by atoms with E-state index in [2.05, 4.69) is 41.4 Å². The molecule has 0 fully saturated rings. The molecule has 5 nitrogen and oxygen atoms in total. The van der Waals surface area contributed by atoms with Crippen LogP contribution in [0.5, 0.6) is 0 Å². The Morgan fingerprint density at radius 2 is 1.30 bits per heavy atom. The lowest BCUT2D eigenvalue weighted by Crippen LogP contribution is -2.21. The Labute approximate surface area is 261 Å². The van der Waals surface area contributed by atoms with Crippen molar-refractivity contribution in [1.82, 2.24) is 0 Å². The van der Waals surface area contributed by atoms with Crippen molar-refractivity contribution in [2.24, 2.45) is 0 Å². The summed E-state index contributed by atoms with van der Waals surface area (Å²) >= 11 is 1.45. The molecule has 0 bridgehead atoms. The van der Waals surface area contributed by atoms with Crippen LogP contribution >= 0.6 is 11.8 Å². The fourth-order valence-electron chi connectivity index (χ4n) is 5.30. The van der Waals surface area contributed by atoms with Gasteiger partial charge in [-0.1, -0.05) is 118 Å². The smallest absolute Gasteiger partial charge is 0.185 e. The van der Waals surface area contributed by atoms with Gasteiger partial charge in [0.2, 0.25) is 0 Å². The first-order valence-corrected chi connectivity index (χ1v) is 16.5. The number of allylic oxidation sites excluding steroid dienone is 3. The van der Waals surface area contributed by atoms with Crippen LogP contribution in [0.2, 0.25) is 0 Å². The number of para-hydroxylation sites is 1. The lowest BCUT2D eigenvalue weighted by Gasteiger charge is -2.27. The molecule has 0 unspecified atom stereocenters. The van der Waals surface area contributed by atoms with E-state index < -0.39 is 0 Å². The van der Waals surface area contributed by atoms with E-state index in [1.54, 1.807) is 31.2 Å². The normalized spacial score (nSPS) is 12.7. The Balaban J connectivity index is 1.44. The summed E-state index contributed by atoms with van der Waals surface area (Å²) in [6.45, 7) is 2.62. The van der Waals surface area contributed by atoms with Crippen LogP contribution in [0.3, 0.4) is 0 Å². The van der Waals surface area contributed by atoms with E-state index in [-0.39, 0.29) is 10.7 Å². The molecule has 2 aromatic rings. The molecule has 222 valence electrons. The third-order valence-corrected chi connectivity index (χ3v) is 8.59. The Morgan fingerprint density at radius 3 is 1.88 bits per heavy atom. The molecule has 0 saturated carbocycles. The summed E-state index contributed by atoms with van der Waals surface area (Å²) < 4.78 is 0. The first-order chi connectivity index (χ1) is 21.1. The molecule has 1 aliphatic rings. The zero-order valence-corrected chi connectivity index (χ0v) is 26.2. The van der Waals surface area contributed by atoms with Crippen molar-refractivity contribution in [2.75, 3.05) is 17.2 Å². The molecule has 0 radical (unpaired) electrons. The second-order valence-electron chi connectivity index (χ2n) is 10.9. The molecule has 3 rings (SSSR count). The van der Waals surface area contributed by atoms with Crippen molar-refractivity contribution in [3.63, 3.8) is 0 Å². The Kier molecular flexibility index (Phi) is 14.9. The molecule has 2 aromatic carbocycles. The third kappa shape index (κ3) is 11.3. The van der Waals surface area contributed by atoms with Gasteiger partial charge in [-0.25, -0.2) is 0 Å². The van der Waals surface area contributed by atoms with Crippen LogP contribution in [0.25, 0.3) is 16.7 Å². The second-order valence-corrected chi connectivity index (χ2v) is 12.2. The van der Waals surface area contributed by atoms with Gasteiger partial charge < -0.3 is 4.90 Å². The molecule has 0 aromatic heterocycles. The fourth-order valence-corrected chi connectivity index (χ4v) is 5.94. The maximum atomic E-state index is 10.9. The van der Waals surface area contributed by atoms with Gasteiger partial charge in [0.25, 0.3) is 0 Å². The van der Waals surface area contributed by atoms with Gasteiger partial charge in [-0.05, 0) is 41.9 Å². The van der Waals surface area contributed by atoms with Crippen LogP contribution in [0.1, 0.15) is 89.5 Å². The van der Waals surface area contributed by atoms with Gasteiger partial charge in [0.1, 0.15) is 17.7 Å². The number of unbranched alkanes of at least 4 members (excludes halogenated alkanes) is 11. The highest BCUT2D eigenvalue weighted by atomic mass is 32.2. The Bertz CT molecular complexity index is 1490. The van der Waals surface area contributed by atoms with Crippen molar-refractivity contribution in [2.45, 2.75) is 84.0 Å². The van der Waals surface area contributed by atoms with E-state index in [1.807, 2.05) is 24.3 Å². The van der Waals surface area contributed by atoms with Crippen LogP contribution in [-0.2, 0) is 4.79 Å². The number of rotatable bonds is 16. The van der Waals surface area contributed by atoms with Gasteiger partial charge in [0, 0.05) is 41.9 Å². The molecular weight excluding hydrogens is 549 g/mol. The maximum Gasteiger partial charge on any atom is 0.185 e. The fraction of sp³-hybridized carbons (Fsp3) is 0.405. The molecule has 43 heavy (non-hydrogen) atoms. The van der Waals surface area contributed by atoms with E-state index in [1.165, 1.54) is 76.0 Å². The first-order valence-electron chi connectivity index (χ1n) is 15.5. The molecule has 1 heterocycles. The van der Waals surface area contributed by atoms with Gasteiger partial charge in [0.15, 0.2) is 5.12 Å². The monoisotopic (exact) mass is 590 g/mol. The average molecular weight is 591 g/mol. The Morgan fingerprint density at radius 1 is 0.744 bits per heavy atom. The highest BCUT2D eigenvalue weighted by Crippen LogP contribution is 2.33. The largest absolute Gasteiger partial charge is 0.347 e. The van der Waals surface area contributed by atoms with E-state index in [0.29, 0.717) is 10.8 Å². The standard InChI is InChI=1S/C37H42N4OS/c1-30(42)43-25-15-11-9-7-5-3-2-4-6-8-10-14-23-41-24-22-33(36-16-12-13-17-37(36)41)26-34(27-38)31-18-20-32(21-19-31)35(28-39)29-40/h12-13,16-22,24,26H,2-11,14-15,23,25H2,1H3/b33-26-. The minimum atomic E-state index is 0.0589. The van der Waals surface area contributed by atoms with Crippen molar-refractivity contribution in [3.05, 3.63) is 82.9 Å².